The number of aliphatic carboxylic acids is 1. The molecule has 8 nitrogen and oxygen atoms in total. The van der Waals surface area contributed by atoms with Crippen LogP contribution in [0.2, 0.25) is 0 Å². The summed E-state index contributed by atoms with van der Waals surface area (Å²) >= 11 is 0. The van der Waals surface area contributed by atoms with E-state index in [-0.39, 0.29) is 5.69 Å². The lowest BCUT2D eigenvalue weighted by Gasteiger charge is -2.32. The van der Waals surface area contributed by atoms with Gasteiger partial charge in [0, 0.05) is 41.2 Å². The number of benzene rings is 1. The van der Waals surface area contributed by atoms with Crippen molar-refractivity contribution in [2.75, 3.05) is 7.11 Å². The fourth-order valence-electron chi connectivity index (χ4n) is 3.66. The van der Waals surface area contributed by atoms with Crippen molar-refractivity contribution in [1.29, 1.82) is 0 Å². The van der Waals surface area contributed by atoms with Gasteiger partial charge < -0.3 is 9.84 Å². The highest BCUT2D eigenvalue weighted by atomic mass is 16.6. The maximum Gasteiger partial charge on any atom is 0.313 e. The maximum absolute atomic E-state index is 12.1. The van der Waals surface area contributed by atoms with Crippen LogP contribution in [-0.2, 0) is 4.79 Å². The first-order chi connectivity index (χ1) is 13.3. The van der Waals surface area contributed by atoms with Gasteiger partial charge in [0.25, 0.3) is 5.69 Å². The van der Waals surface area contributed by atoms with Crippen molar-refractivity contribution in [2.24, 2.45) is 10.9 Å². The third kappa shape index (κ3) is 3.36. The number of rotatable bonds is 5. The first kappa shape index (κ1) is 19.2. The molecule has 8 heteroatoms. The van der Waals surface area contributed by atoms with Gasteiger partial charge >= 0.3 is 5.97 Å². The van der Waals surface area contributed by atoms with E-state index in [9.17, 15) is 20.0 Å². The zero-order valence-electron chi connectivity index (χ0n) is 15.6. The lowest BCUT2D eigenvalue weighted by molar-refractivity contribution is -0.384. The zero-order valence-corrected chi connectivity index (χ0v) is 15.6. The van der Waals surface area contributed by atoms with Gasteiger partial charge in [-0.1, -0.05) is 12.1 Å². The number of carbonyl (C=O) groups is 1. The van der Waals surface area contributed by atoms with Crippen LogP contribution in [0.5, 0.6) is 5.88 Å². The van der Waals surface area contributed by atoms with Gasteiger partial charge in [-0.3, -0.25) is 19.9 Å². The quantitative estimate of drug-likeness (QED) is 0.624. The predicted octanol–water partition coefficient (Wildman–Crippen LogP) is 3.69. The molecule has 1 N–H and O–H groups in total. The smallest absolute Gasteiger partial charge is 0.313 e. The summed E-state index contributed by atoms with van der Waals surface area (Å²) in [5, 5.41) is 21.2. The van der Waals surface area contributed by atoms with Crippen molar-refractivity contribution in [3.63, 3.8) is 0 Å². The molecule has 2 atom stereocenters. The molecular weight excluding hydrogens is 362 g/mol. The van der Waals surface area contributed by atoms with Crippen LogP contribution in [0, 0.1) is 16.0 Å². The molecule has 0 saturated carbocycles. The highest BCUT2D eigenvalue weighted by Gasteiger charge is 2.40. The SMILES string of the molecule is COc1ncccc1C1=C(C)N=C(C)C(C(=O)O)C1c1cccc([N+](=O)[O-])c1. The van der Waals surface area contributed by atoms with E-state index in [1.807, 2.05) is 0 Å². The number of ether oxygens (including phenoxy) is 1. The second-order valence-corrected chi connectivity index (χ2v) is 6.46. The summed E-state index contributed by atoms with van der Waals surface area (Å²) in [6.45, 7) is 3.44. The number of hydrogen-bond donors (Lipinski definition) is 1. The largest absolute Gasteiger partial charge is 0.481 e. The van der Waals surface area contributed by atoms with E-state index < -0.39 is 22.7 Å². The highest BCUT2D eigenvalue weighted by molar-refractivity contribution is 6.06. The molecule has 0 fully saturated rings. The molecule has 2 unspecified atom stereocenters. The summed E-state index contributed by atoms with van der Waals surface area (Å²) in [7, 11) is 1.48. The summed E-state index contributed by atoms with van der Waals surface area (Å²) in [5.41, 5.74) is 2.73. The normalized spacial score (nSPS) is 19.2. The number of allylic oxidation sites excluding steroid dienone is 2. The highest BCUT2D eigenvalue weighted by Crippen LogP contribution is 2.46. The molecule has 0 saturated heterocycles. The van der Waals surface area contributed by atoms with E-state index in [1.165, 1.54) is 19.2 Å². The summed E-state index contributed by atoms with van der Waals surface area (Å²) in [5.74, 6) is -2.35. The Balaban J connectivity index is 2.30. The number of carboxylic acid groups (broad SMARTS) is 1. The van der Waals surface area contributed by atoms with Crippen molar-refractivity contribution in [3.05, 3.63) is 69.5 Å². The van der Waals surface area contributed by atoms with E-state index in [4.69, 9.17) is 4.74 Å². The number of aromatic nitrogens is 1. The Hall–Kier alpha value is -3.55. The Morgan fingerprint density at radius 2 is 2.00 bits per heavy atom. The van der Waals surface area contributed by atoms with Gasteiger partial charge in [-0.05, 0) is 37.1 Å². The molecule has 3 rings (SSSR count). The van der Waals surface area contributed by atoms with Crippen LogP contribution >= 0.6 is 0 Å². The number of nitro groups is 1. The third-order valence-electron chi connectivity index (χ3n) is 4.79. The van der Waals surface area contributed by atoms with E-state index in [1.54, 1.807) is 44.3 Å². The fourth-order valence-corrected chi connectivity index (χ4v) is 3.66. The molecule has 28 heavy (non-hydrogen) atoms. The predicted molar refractivity (Wildman–Crippen MR) is 103 cm³/mol. The van der Waals surface area contributed by atoms with Crippen molar-refractivity contribution in [3.8, 4) is 5.88 Å². The Morgan fingerprint density at radius 1 is 1.25 bits per heavy atom. The molecule has 2 aromatic rings. The fraction of sp³-hybridized carbons (Fsp3) is 0.250. The van der Waals surface area contributed by atoms with Crippen LogP contribution < -0.4 is 4.74 Å². The van der Waals surface area contributed by atoms with E-state index in [2.05, 4.69) is 9.98 Å². The number of non-ortho nitro benzene ring substituents is 1. The summed E-state index contributed by atoms with van der Waals surface area (Å²) in [4.78, 5) is 31.5. The Morgan fingerprint density at radius 3 is 2.64 bits per heavy atom. The standard InChI is InChI=1S/C20H19N3O5/c1-11-16(15-8-5-9-21-19(15)28-3)18(17(20(24)25)12(2)22-11)13-6-4-7-14(10-13)23(26)27/h4-10,17-18H,1-3H3,(H,24,25). The molecule has 0 radical (unpaired) electrons. The van der Waals surface area contributed by atoms with Crippen molar-refractivity contribution < 1.29 is 19.6 Å². The summed E-state index contributed by atoms with van der Waals surface area (Å²) in [6, 6.07) is 9.55. The average molecular weight is 381 g/mol. The molecule has 0 amide bonds. The van der Waals surface area contributed by atoms with Crippen LogP contribution in [0.25, 0.3) is 5.57 Å². The van der Waals surface area contributed by atoms with Gasteiger partial charge in [-0.2, -0.15) is 0 Å². The number of pyridine rings is 1. The average Bonchev–Trinajstić information content (AvgIpc) is 2.67. The number of nitro benzene ring substituents is 1. The third-order valence-corrected chi connectivity index (χ3v) is 4.79. The minimum Gasteiger partial charge on any atom is -0.481 e. The topological polar surface area (TPSA) is 115 Å². The molecule has 0 bridgehead atoms. The maximum atomic E-state index is 12.1. The van der Waals surface area contributed by atoms with Crippen LogP contribution in [0.15, 0.2) is 53.3 Å². The monoisotopic (exact) mass is 381 g/mol. The molecule has 0 aliphatic carbocycles. The Bertz CT molecular complexity index is 1010. The van der Waals surface area contributed by atoms with Gasteiger partial charge in [-0.25, -0.2) is 4.98 Å². The van der Waals surface area contributed by atoms with Crippen molar-refractivity contribution in [2.45, 2.75) is 19.8 Å². The molecule has 1 aliphatic heterocycles. The minimum atomic E-state index is -1.05. The van der Waals surface area contributed by atoms with Crippen molar-refractivity contribution in [1.82, 2.24) is 4.98 Å². The summed E-state index contributed by atoms with van der Waals surface area (Å²) in [6.07, 6.45) is 1.58. The van der Waals surface area contributed by atoms with Crippen LogP contribution in [-0.4, -0.2) is 33.8 Å². The number of methoxy groups -OCH3 is 1. The molecule has 1 aliphatic rings. The van der Waals surface area contributed by atoms with Crippen molar-refractivity contribution >= 4 is 22.9 Å². The Kier molecular flexibility index (Phi) is 5.21. The van der Waals surface area contributed by atoms with Gasteiger partial charge in [0.1, 0.15) is 5.92 Å². The van der Waals surface area contributed by atoms with E-state index in [0.29, 0.717) is 34.0 Å². The molecule has 1 aromatic heterocycles. The zero-order chi connectivity index (χ0) is 20.4. The molecule has 2 heterocycles. The van der Waals surface area contributed by atoms with Crippen LogP contribution in [0.1, 0.15) is 30.9 Å². The second kappa shape index (κ2) is 7.59. The molecule has 0 spiro atoms. The lowest BCUT2D eigenvalue weighted by Crippen LogP contribution is -2.32. The number of hydrogen-bond acceptors (Lipinski definition) is 6. The molecule has 144 valence electrons. The van der Waals surface area contributed by atoms with Gasteiger partial charge in [-0.15, -0.1) is 0 Å². The van der Waals surface area contributed by atoms with Gasteiger partial charge in [0.05, 0.1) is 12.0 Å². The number of nitrogens with zero attached hydrogens (tertiary/aromatic N) is 3. The van der Waals surface area contributed by atoms with Gasteiger partial charge in [0.2, 0.25) is 5.88 Å². The van der Waals surface area contributed by atoms with E-state index >= 15 is 0 Å². The van der Waals surface area contributed by atoms with E-state index in [0.717, 1.165) is 0 Å². The molecular formula is C20H19N3O5. The van der Waals surface area contributed by atoms with Crippen LogP contribution in [0.4, 0.5) is 5.69 Å². The first-order valence-corrected chi connectivity index (χ1v) is 8.57. The Labute approximate surface area is 161 Å². The number of carboxylic acids is 1. The second-order valence-electron chi connectivity index (χ2n) is 6.46. The van der Waals surface area contributed by atoms with Crippen LogP contribution in [0.3, 0.4) is 0 Å². The summed E-state index contributed by atoms with van der Waals surface area (Å²) < 4.78 is 5.37. The first-order valence-electron chi connectivity index (χ1n) is 8.57. The minimum absolute atomic E-state index is 0.100. The molecule has 1 aromatic carbocycles. The van der Waals surface area contributed by atoms with Gasteiger partial charge in [0.15, 0.2) is 0 Å². The lowest BCUT2D eigenvalue weighted by atomic mass is 9.73. The number of aliphatic imine (C=N–C) groups is 1.